The molecule has 2 fully saturated rings. The topological polar surface area (TPSA) is 98.1 Å². The summed E-state index contributed by atoms with van der Waals surface area (Å²) in [7, 11) is 0. The van der Waals surface area contributed by atoms with Crippen LogP contribution < -0.4 is 10.6 Å². The van der Waals surface area contributed by atoms with Gasteiger partial charge < -0.3 is 15.5 Å². The van der Waals surface area contributed by atoms with E-state index in [-0.39, 0.29) is 17.9 Å². The van der Waals surface area contributed by atoms with Gasteiger partial charge in [0.15, 0.2) is 0 Å². The lowest BCUT2D eigenvalue weighted by molar-refractivity contribution is -0.125. The molecule has 2 heterocycles. The van der Waals surface area contributed by atoms with Gasteiger partial charge in [0, 0.05) is 30.9 Å². The Labute approximate surface area is 182 Å². The summed E-state index contributed by atoms with van der Waals surface area (Å²) in [5, 5.41) is 15.2. The fourth-order valence-electron chi connectivity index (χ4n) is 4.84. The molecule has 3 unspecified atom stereocenters. The van der Waals surface area contributed by atoms with E-state index in [0.29, 0.717) is 36.0 Å². The van der Waals surface area contributed by atoms with Crippen LogP contribution in [0.1, 0.15) is 48.0 Å². The van der Waals surface area contributed by atoms with Crippen LogP contribution in [0, 0.1) is 17.2 Å². The van der Waals surface area contributed by atoms with Crippen LogP contribution in [0.25, 0.3) is 0 Å². The Bertz CT molecular complexity index is 971. The van der Waals surface area contributed by atoms with E-state index >= 15 is 0 Å². The van der Waals surface area contributed by atoms with Crippen LogP contribution in [-0.4, -0.2) is 46.9 Å². The van der Waals surface area contributed by atoms with E-state index in [4.69, 9.17) is 5.26 Å². The number of hydrogen-bond donors (Lipinski definition) is 2. The Morgan fingerprint density at radius 2 is 1.90 bits per heavy atom. The van der Waals surface area contributed by atoms with Gasteiger partial charge in [0.2, 0.25) is 5.91 Å². The summed E-state index contributed by atoms with van der Waals surface area (Å²) < 4.78 is 0. The highest BCUT2D eigenvalue weighted by Gasteiger charge is 2.47. The molecule has 7 nitrogen and oxygen atoms in total. The van der Waals surface area contributed by atoms with Gasteiger partial charge in [-0.3, -0.25) is 9.59 Å². The van der Waals surface area contributed by atoms with Gasteiger partial charge in [-0.05, 0) is 49.4 Å². The van der Waals surface area contributed by atoms with Crippen molar-refractivity contribution in [2.24, 2.45) is 5.92 Å². The van der Waals surface area contributed by atoms with Crippen LogP contribution in [0.4, 0.5) is 5.82 Å². The van der Waals surface area contributed by atoms with E-state index < -0.39 is 6.04 Å². The lowest BCUT2D eigenvalue weighted by Crippen LogP contribution is -2.50. The summed E-state index contributed by atoms with van der Waals surface area (Å²) in [5.41, 5.74) is 1.10. The Kier molecular flexibility index (Phi) is 6.46. The molecule has 1 saturated heterocycles. The highest BCUT2D eigenvalue weighted by molar-refractivity contribution is 5.98. The van der Waals surface area contributed by atoms with E-state index in [9.17, 15) is 9.59 Å². The second-order valence-electron chi connectivity index (χ2n) is 8.17. The number of hydrogen-bond acceptors (Lipinski definition) is 5. The molecule has 2 aromatic rings. The predicted molar refractivity (Wildman–Crippen MR) is 117 cm³/mol. The second kappa shape index (κ2) is 9.61. The molecule has 0 radical (unpaired) electrons. The van der Waals surface area contributed by atoms with Crippen molar-refractivity contribution < 1.29 is 9.59 Å². The fourth-order valence-corrected chi connectivity index (χ4v) is 4.84. The molecule has 1 saturated carbocycles. The minimum atomic E-state index is -0.440. The van der Waals surface area contributed by atoms with E-state index in [0.717, 1.165) is 32.1 Å². The molecule has 2 N–H and O–H groups in total. The third-order valence-corrected chi connectivity index (χ3v) is 6.29. The van der Waals surface area contributed by atoms with Crippen molar-refractivity contribution >= 4 is 17.6 Å². The summed E-state index contributed by atoms with van der Waals surface area (Å²) in [4.78, 5) is 32.4. The molecule has 0 bridgehead atoms. The van der Waals surface area contributed by atoms with Crippen LogP contribution in [0.5, 0.6) is 0 Å². The highest BCUT2D eigenvalue weighted by atomic mass is 16.2. The smallest absolute Gasteiger partial charge is 0.254 e. The Morgan fingerprint density at radius 3 is 2.71 bits per heavy atom. The third-order valence-electron chi connectivity index (χ3n) is 6.29. The molecule has 0 spiro atoms. The zero-order chi connectivity index (χ0) is 21.6. The molecule has 1 aliphatic heterocycles. The van der Waals surface area contributed by atoms with E-state index in [1.807, 2.05) is 35.2 Å². The maximum Gasteiger partial charge on any atom is 0.254 e. The van der Waals surface area contributed by atoms with Gasteiger partial charge in [-0.1, -0.05) is 31.0 Å². The molecule has 1 aromatic heterocycles. The quantitative estimate of drug-likeness (QED) is 0.704. The average molecular weight is 418 g/mol. The first-order chi connectivity index (χ1) is 15.2. The van der Waals surface area contributed by atoms with Crippen LogP contribution in [0.15, 0.2) is 48.7 Å². The maximum absolute atomic E-state index is 13.3. The molecular weight excluding hydrogens is 390 g/mol. The molecule has 7 heteroatoms. The van der Waals surface area contributed by atoms with Crippen molar-refractivity contribution in [2.75, 3.05) is 18.4 Å². The Balaban J connectivity index is 1.40. The molecule has 3 atom stereocenters. The van der Waals surface area contributed by atoms with Gasteiger partial charge in [-0.25, -0.2) is 4.98 Å². The van der Waals surface area contributed by atoms with Gasteiger partial charge in [0.05, 0.1) is 5.56 Å². The van der Waals surface area contributed by atoms with Crippen LogP contribution in [0.2, 0.25) is 0 Å². The zero-order valence-electron chi connectivity index (χ0n) is 17.5. The fraction of sp³-hybridized carbons (Fsp3) is 0.417. The van der Waals surface area contributed by atoms with Gasteiger partial charge in [-0.15, -0.1) is 0 Å². The molecule has 160 valence electrons. The number of likely N-dealkylation sites (tertiary alicyclic amines) is 1. The largest absolute Gasteiger partial charge is 0.367 e. The zero-order valence-corrected chi connectivity index (χ0v) is 17.5. The van der Waals surface area contributed by atoms with Gasteiger partial charge in [0.1, 0.15) is 17.9 Å². The number of amides is 2. The number of pyridine rings is 1. The average Bonchev–Trinajstić information content (AvgIpc) is 3.21. The lowest BCUT2D eigenvalue weighted by atomic mass is 9.84. The van der Waals surface area contributed by atoms with Crippen molar-refractivity contribution in [3.05, 3.63) is 59.8 Å². The monoisotopic (exact) mass is 417 g/mol. The predicted octanol–water partition coefficient (Wildman–Crippen LogP) is 2.95. The molecule has 1 aromatic carbocycles. The lowest BCUT2D eigenvalue weighted by Gasteiger charge is -2.33. The molecule has 31 heavy (non-hydrogen) atoms. The number of nitrogens with zero attached hydrogens (tertiary/aromatic N) is 3. The summed E-state index contributed by atoms with van der Waals surface area (Å²) >= 11 is 0. The van der Waals surface area contributed by atoms with Crippen molar-refractivity contribution in [1.29, 1.82) is 5.26 Å². The number of fused-ring (bicyclic) bond motifs is 1. The molecule has 2 aliphatic rings. The van der Waals surface area contributed by atoms with Crippen LogP contribution in [0.3, 0.4) is 0 Å². The SMILES string of the molecule is N#Cc1cccnc1NCCNC(=O)C1CC2CCCCC2N1C(=O)c1ccccc1. The van der Waals surface area contributed by atoms with Crippen LogP contribution in [-0.2, 0) is 4.79 Å². The first-order valence-electron chi connectivity index (χ1n) is 10.9. The van der Waals surface area contributed by atoms with Crippen molar-refractivity contribution in [2.45, 2.75) is 44.2 Å². The standard InChI is InChI=1S/C24H27N5O2/c25-16-19-10-6-12-26-22(19)27-13-14-28-23(30)21-15-18-9-4-5-11-20(18)29(21)24(31)17-7-2-1-3-8-17/h1-3,6-8,10,12,18,20-21H,4-5,9,11,13-15H2,(H,26,27)(H,28,30). The number of benzene rings is 1. The highest BCUT2D eigenvalue weighted by Crippen LogP contribution is 2.40. The number of nitrogens with one attached hydrogen (secondary N) is 2. The summed E-state index contributed by atoms with van der Waals surface area (Å²) in [6.07, 6.45) is 6.65. The Morgan fingerprint density at radius 1 is 1.10 bits per heavy atom. The first-order valence-corrected chi connectivity index (χ1v) is 10.9. The number of anilines is 1. The molecule has 1 aliphatic carbocycles. The molecular formula is C24H27N5O2. The van der Waals surface area contributed by atoms with Crippen molar-refractivity contribution in [1.82, 2.24) is 15.2 Å². The van der Waals surface area contributed by atoms with E-state index in [1.165, 1.54) is 0 Å². The number of aromatic nitrogens is 1. The minimum absolute atomic E-state index is 0.0552. The normalized spacial score (nSPS) is 22.3. The van der Waals surface area contributed by atoms with Crippen molar-refractivity contribution in [3.63, 3.8) is 0 Å². The van der Waals surface area contributed by atoms with Gasteiger partial charge >= 0.3 is 0 Å². The number of carbonyl (C=O) groups is 2. The van der Waals surface area contributed by atoms with Gasteiger partial charge in [0.25, 0.3) is 5.91 Å². The van der Waals surface area contributed by atoms with Crippen molar-refractivity contribution in [3.8, 4) is 6.07 Å². The summed E-state index contributed by atoms with van der Waals surface area (Å²) in [5.74, 6) is 0.733. The minimum Gasteiger partial charge on any atom is -0.367 e. The number of carbonyl (C=O) groups excluding carboxylic acids is 2. The maximum atomic E-state index is 13.3. The summed E-state index contributed by atoms with van der Waals surface area (Å²) in [6.45, 7) is 0.836. The number of nitriles is 1. The van der Waals surface area contributed by atoms with E-state index in [1.54, 1.807) is 18.3 Å². The number of rotatable bonds is 6. The third kappa shape index (κ3) is 4.53. The van der Waals surface area contributed by atoms with Crippen LogP contribution >= 0.6 is 0 Å². The summed E-state index contributed by atoms with van der Waals surface area (Å²) in [6, 6.07) is 14.4. The molecule has 4 rings (SSSR count). The van der Waals surface area contributed by atoms with E-state index in [2.05, 4.69) is 21.7 Å². The van der Waals surface area contributed by atoms with Gasteiger partial charge in [-0.2, -0.15) is 5.26 Å². The first kappa shape index (κ1) is 20.9. The molecule has 2 amide bonds. The second-order valence-corrected chi connectivity index (χ2v) is 8.17. The Hall–Kier alpha value is -3.40.